The highest BCUT2D eigenvalue weighted by molar-refractivity contribution is 5.84. The maximum absolute atomic E-state index is 12.9. The van der Waals surface area contributed by atoms with Gasteiger partial charge in [-0.2, -0.15) is 0 Å². The number of carbonyl (C=O) groups excluding carboxylic acids is 1. The molecule has 0 saturated carbocycles. The molecule has 1 saturated heterocycles. The summed E-state index contributed by atoms with van der Waals surface area (Å²) in [4.78, 5) is 18.1. The largest absolute Gasteiger partial charge is 0.361 e. The molecule has 1 amide bonds. The van der Waals surface area contributed by atoms with Crippen LogP contribution in [0.5, 0.6) is 0 Å². The number of hydrogen-bond donors (Lipinski definition) is 2. The van der Waals surface area contributed by atoms with E-state index in [-0.39, 0.29) is 17.9 Å². The van der Waals surface area contributed by atoms with Gasteiger partial charge in [-0.25, -0.2) is 0 Å². The molecule has 2 atom stereocenters. The van der Waals surface area contributed by atoms with Crippen molar-refractivity contribution < 1.29 is 9.53 Å². The predicted molar refractivity (Wildman–Crippen MR) is 95.5 cm³/mol. The summed E-state index contributed by atoms with van der Waals surface area (Å²) in [5.41, 5.74) is 7.82. The fraction of sp³-hybridized carbons (Fsp3) is 0.526. The van der Waals surface area contributed by atoms with Gasteiger partial charge in [0.25, 0.3) is 0 Å². The number of carbonyl (C=O) groups is 1. The molecule has 1 aromatic carbocycles. The second kappa shape index (κ2) is 6.22. The van der Waals surface area contributed by atoms with Crippen molar-refractivity contribution in [3.05, 3.63) is 36.0 Å². The van der Waals surface area contributed by atoms with E-state index >= 15 is 0 Å². The van der Waals surface area contributed by atoms with Crippen molar-refractivity contribution in [2.45, 2.75) is 51.9 Å². The average molecular weight is 329 g/mol. The molecule has 1 aliphatic rings. The Morgan fingerprint density at radius 2 is 2.12 bits per heavy atom. The zero-order chi connectivity index (χ0) is 17.5. The topological polar surface area (TPSA) is 71.4 Å². The second-order valence-corrected chi connectivity index (χ2v) is 7.45. The van der Waals surface area contributed by atoms with Crippen LogP contribution in [0.25, 0.3) is 10.9 Å². The molecule has 24 heavy (non-hydrogen) atoms. The van der Waals surface area contributed by atoms with E-state index in [4.69, 9.17) is 10.5 Å². The quantitative estimate of drug-likeness (QED) is 0.906. The van der Waals surface area contributed by atoms with Crippen LogP contribution in [0.4, 0.5) is 0 Å². The van der Waals surface area contributed by atoms with E-state index in [9.17, 15) is 4.79 Å². The van der Waals surface area contributed by atoms with Crippen LogP contribution in [0.3, 0.4) is 0 Å². The van der Waals surface area contributed by atoms with Crippen LogP contribution < -0.4 is 5.73 Å². The van der Waals surface area contributed by atoms with Crippen molar-refractivity contribution in [1.29, 1.82) is 0 Å². The standard InChI is InChI=1S/C19H27N3O2/c1-12(2)17(20)18(23)22-14(11-24-19(22,3)4)9-13-10-21-16-8-6-5-7-15(13)16/h5-8,10,12,14,17,21H,9,11,20H2,1-4H3/t14-,17-/m0/s1. The molecular formula is C19H27N3O2. The molecule has 5 heteroatoms. The van der Waals surface area contributed by atoms with Gasteiger partial charge in [0.2, 0.25) is 5.91 Å². The van der Waals surface area contributed by atoms with Gasteiger partial charge in [-0.05, 0) is 37.8 Å². The van der Waals surface area contributed by atoms with Crippen LogP contribution in [-0.2, 0) is 16.0 Å². The summed E-state index contributed by atoms with van der Waals surface area (Å²) in [6, 6.07) is 7.71. The predicted octanol–water partition coefficient (Wildman–Crippen LogP) is 2.66. The summed E-state index contributed by atoms with van der Waals surface area (Å²) in [5.74, 6) is 0.0694. The summed E-state index contributed by atoms with van der Waals surface area (Å²) < 4.78 is 5.92. The van der Waals surface area contributed by atoms with E-state index in [0.717, 1.165) is 11.9 Å². The lowest BCUT2D eigenvalue weighted by atomic mass is 9.99. The van der Waals surface area contributed by atoms with Crippen molar-refractivity contribution in [2.24, 2.45) is 11.7 Å². The highest BCUT2D eigenvalue weighted by Gasteiger charge is 2.45. The fourth-order valence-electron chi connectivity index (χ4n) is 3.48. The molecule has 0 bridgehead atoms. The van der Waals surface area contributed by atoms with Crippen molar-refractivity contribution >= 4 is 16.8 Å². The van der Waals surface area contributed by atoms with Crippen molar-refractivity contribution in [3.63, 3.8) is 0 Å². The van der Waals surface area contributed by atoms with Crippen LogP contribution in [0.1, 0.15) is 33.3 Å². The Kier molecular flexibility index (Phi) is 4.40. The SMILES string of the molecule is CC(C)[C@H](N)C(=O)N1[C@@H](Cc2c[nH]c3ccccc23)COC1(C)C. The van der Waals surface area contributed by atoms with Crippen molar-refractivity contribution in [3.8, 4) is 0 Å². The number of nitrogens with zero attached hydrogens (tertiary/aromatic N) is 1. The first kappa shape index (κ1) is 17.0. The number of amides is 1. The fourth-order valence-corrected chi connectivity index (χ4v) is 3.48. The Morgan fingerprint density at radius 1 is 1.42 bits per heavy atom. The highest BCUT2D eigenvalue weighted by Crippen LogP contribution is 2.31. The smallest absolute Gasteiger partial charge is 0.242 e. The van der Waals surface area contributed by atoms with Gasteiger partial charge in [0.1, 0.15) is 5.72 Å². The Balaban J connectivity index is 1.87. The van der Waals surface area contributed by atoms with E-state index in [2.05, 4.69) is 17.1 Å². The molecule has 3 rings (SSSR count). The third-order valence-corrected chi connectivity index (χ3v) is 4.95. The molecule has 0 spiro atoms. The maximum Gasteiger partial charge on any atom is 0.242 e. The summed E-state index contributed by atoms with van der Waals surface area (Å²) in [6.07, 6.45) is 2.78. The number of ether oxygens (including phenoxy) is 1. The number of H-pyrrole nitrogens is 1. The lowest BCUT2D eigenvalue weighted by molar-refractivity contribution is -0.148. The number of hydrogen-bond acceptors (Lipinski definition) is 3. The first-order valence-electron chi connectivity index (χ1n) is 8.59. The van der Waals surface area contributed by atoms with Gasteiger partial charge in [0.05, 0.1) is 18.7 Å². The van der Waals surface area contributed by atoms with E-state index in [1.165, 1.54) is 10.9 Å². The van der Waals surface area contributed by atoms with Crippen molar-refractivity contribution in [2.75, 3.05) is 6.61 Å². The number of aromatic nitrogens is 1. The first-order valence-corrected chi connectivity index (χ1v) is 8.59. The number of fused-ring (bicyclic) bond motifs is 1. The van der Waals surface area contributed by atoms with Gasteiger partial charge in [-0.1, -0.05) is 32.0 Å². The Labute approximate surface area is 143 Å². The zero-order valence-corrected chi connectivity index (χ0v) is 14.9. The van der Waals surface area contributed by atoms with E-state index in [1.807, 2.05) is 50.9 Å². The molecule has 5 nitrogen and oxygen atoms in total. The van der Waals surface area contributed by atoms with Crippen LogP contribution in [0.15, 0.2) is 30.5 Å². The Morgan fingerprint density at radius 3 is 2.83 bits per heavy atom. The first-order chi connectivity index (χ1) is 11.3. The zero-order valence-electron chi connectivity index (χ0n) is 14.9. The molecule has 0 unspecified atom stereocenters. The minimum absolute atomic E-state index is 0.00324. The Hall–Kier alpha value is -1.85. The summed E-state index contributed by atoms with van der Waals surface area (Å²) in [7, 11) is 0. The average Bonchev–Trinajstić information content (AvgIpc) is 3.07. The number of benzene rings is 1. The molecular weight excluding hydrogens is 302 g/mol. The number of nitrogens with one attached hydrogen (secondary N) is 1. The molecule has 2 aromatic rings. The number of nitrogens with two attached hydrogens (primary N) is 1. The number of aromatic amines is 1. The third-order valence-electron chi connectivity index (χ3n) is 4.95. The van der Waals surface area contributed by atoms with E-state index < -0.39 is 11.8 Å². The molecule has 3 N–H and O–H groups in total. The summed E-state index contributed by atoms with van der Waals surface area (Å²) >= 11 is 0. The molecule has 0 radical (unpaired) electrons. The van der Waals surface area contributed by atoms with Crippen LogP contribution in [0, 0.1) is 5.92 Å². The molecule has 1 fully saturated rings. The van der Waals surface area contributed by atoms with Crippen LogP contribution in [0.2, 0.25) is 0 Å². The highest BCUT2D eigenvalue weighted by atomic mass is 16.5. The monoisotopic (exact) mass is 329 g/mol. The molecule has 0 aliphatic carbocycles. The second-order valence-electron chi connectivity index (χ2n) is 7.45. The van der Waals surface area contributed by atoms with Gasteiger partial charge < -0.3 is 20.4 Å². The Bertz CT molecular complexity index is 735. The van der Waals surface area contributed by atoms with Gasteiger partial charge in [-0.3, -0.25) is 4.79 Å². The summed E-state index contributed by atoms with van der Waals surface area (Å²) in [5, 5.41) is 1.20. The number of rotatable bonds is 4. The lowest BCUT2D eigenvalue weighted by Gasteiger charge is -2.36. The number of para-hydroxylation sites is 1. The minimum atomic E-state index is -0.625. The molecule has 130 valence electrons. The molecule has 2 heterocycles. The van der Waals surface area contributed by atoms with E-state index in [0.29, 0.717) is 6.61 Å². The normalized spacial score (nSPS) is 21.6. The third kappa shape index (κ3) is 2.94. The lowest BCUT2D eigenvalue weighted by Crippen LogP contribution is -2.55. The van der Waals surface area contributed by atoms with Gasteiger partial charge >= 0.3 is 0 Å². The molecule has 1 aromatic heterocycles. The van der Waals surface area contributed by atoms with Gasteiger partial charge in [0, 0.05) is 17.1 Å². The van der Waals surface area contributed by atoms with Crippen molar-refractivity contribution in [1.82, 2.24) is 9.88 Å². The maximum atomic E-state index is 12.9. The molecule has 1 aliphatic heterocycles. The van der Waals surface area contributed by atoms with Crippen LogP contribution >= 0.6 is 0 Å². The van der Waals surface area contributed by atoms with Gasteiger partial charge in [0.15, 0.2) is 0 Å². The van der Waals surface area contributed by atoms with Gasteiger partial charge in [-0.15, -0.1) is 0 Å². The van der Waals surface area contributed by atoms with Crippen LogP contribution in [-0.4, -0.2) is 40.2 Å². The minimum Gasteiger partial charge on any atom is -0.361 e. The summed E-state index contributed by atoms with van der Waals surface area (Å²) in [6.45, 7) is 8.35. The van der Waals surface area contributed by atoms with E-state index in [1.54, 1.807) is 0 Å².